The van der Waals surface area contributed by atoms with E-state index in [1.54, 1.807) is 0 Å². The van der Waals surface area contributed by atoms with E-state index < -0.39 is 0 Å². The highest BCUT2D eigenvalue weighted by Crippen LogP contribution is 2.09. The summed E-state index contributed by atoms with van der Waals surface area (Å²) in [5.41, 5.74) is 0.266. The first-order valence-electron chi connectivity index (χ1n) is 6.45. The van der Waals surface area contributed by atoms with Crippen molar-refractivity contribution in [3.8, 4) is 0 Å². The van der Waals surface area contributed by atoms with Crippen LogP contribution < -0.4 is 5.32 Å². The van der Waals surface area contributed by atoms with E-state index in [1.807, 2.05) is 0 Å². The monoisotopic (exact) mass is 215 g/mol. The summed E-state index contributed by atoms with van der Waals surface area (Å²) >= 11 is 0. The molecule has 0 aliphatic rings. The Bertz CT molecular complexity index is 145. The van der Waals surface area contributed by atoms with Crippen LogP contribution >= 0.6 is 0 Å². The molecule has 1 unspecified atom stereocenters. The Labute approximate surface area is 95.5 Å². The molecule has 0 aromatic rings. The first-order valence-corrected chi connectivity index (χ1v) is 6.45. The number of hydrogen-bond acceptors (Lipinski definition) is 2. The van der Waals surface area contributed by atoms with Gasteiger partial charge in [0.05, 0.1) is 6.10 Å². The van der Waals surface area contributed by atoms with Gasteiger partial charge in [0.1, 0.15) is 0 Å². The smallest absolute Gasteiger partial charge is 0.0540 e. The van der Waals surface area contributed by atoms with E-state index in [2.05, 4.69) is 33.0 Å². The zero-order valence-corrected chi connectivity index (χ0v) is 11.0. The van der Waals surface area contributed by atoms with Crippen molar-refractivity contribution in [2.45, 2.75) is 77.9 Å². The zero-order chi connectivity index (χ0) is 11.7. The Morgan fingerprint density at radius 3 is 2.33 bits per heavy atom. The van der Waals surface area contributed by atoms with Crippen molar-refractivity contribution < 1.29 is 5.11 Å². The van der Waals surface area contributed by atoms with Gasteiger partial charge < -0.3 is 10.4 Å². The lowest BCUT2D eigenvalue weighted by Gasteiger charge is -2.24. The highest BCUT2D eigenvalue weighted by molar-refractivity contribution is 4.74. The number of hydrogen-bond donors (Lipinski definition) is 2. The van der Waals surface area contributed by atoms with E-state index in [1.165, 1.54) is 6.42 Å². The maximum absolute atomic E-state index is 9.53. The number of nitrogens with one attached hydrogen (secondary N) is 1. The third-order valence-corrected chi connectivity index (χ3v) is 3.07. The van der Waals surface area contributed by atoms with Gasteiger partial charge in [-0.1, -0.05) is 20.3 Å². The van der Waals surface area contributed by atoms with E-state index in [0.717, 1.165) is 38.6 Å². The molecule has 0 fully saturated rings. The number of rotatable bonds is 9. The number of aliphatic hydroxyl groups is 1. The molecule has 0 amide bonds. The van der Waals surface area contributed by atoms with Crippen molar-refractivity contribution >= 4 is 0 Å². The molecule has 0 spiro atoms. The lowest BCUT2D eigenvalue weighted by Crippen LogP contribution is -2.39. The van der Waals surface area contributed by atoms with Gasteiger partial charge in [-0.2, -0.15) is 0 Å². The average Bonchev–Trinajstić information content (AvgIpc) is 2.17. The zero-order valence-electron chi connectivity index (χ0n) is 11.0. The summed E-state index contributed by atoms with van der Waals surface area (Å²) in [5, 5.41) is 13.1. The largest absolute Gasteiger partial charge is 0.393 e. The molecule has 1 atom stereocenters. The Kier molecular flexibility index (Phi) is 8.07. The van der Waals surface area contributed by atoms with Crippen LogP contribution in [0.4, 0.5) is 0 Å². The van der Waals surface area contributed by atoms with Gasteiger partial charge in [0.15, 0.2) is 0 Å². The summed E-state index contributed by atoms with van der Waals surface area (Å²) in [4.78, 5) is 0. The maximum atomic E-state index is 9.53. The van der Waals surface area contributed by atoms with Crippen LogP contribution in [0.1, 0.15) is 66.2 Å². The van der Waals surface area contributed by atoms with Crippen LogP contribution in [0.3, 0.4) is 0 Å². The molecule has 0 radical (unpaired) electrons. The fourth-order valence-corrected chi connectivity index (χ4v) is 1.53. The summed E-state index contributed by atoms with van der Waals surface area (Å²) in [5.74, 6) is 0. The predicted octanol–water partition coefficient (Wildman–Crippen LogP) is 3.10. The molecule has 0 aliphatic heterocycles. The lowest BCUT2D eigenvalue weighted by molar-refractivity contribution is 0.150. The quantitative estimate of drug-likeness (QED) is 0.579. The van der Waals surface area contributed by atoms with E-state index in [9.17, 15) is 5.11 Å². The summed E-state index contributed by atoms with van der Waals surface area (Å²) in [7, 11) is 0. The molecule has 2 N–H and O–H groups in total. The molecule has 0 rings (SSSR count). The molecule has 2 heteroatoms. The van der Waals surface area contributed by atoms with Crippen LogP contribution in [-0.4, -0.2) is 23.3 Å². The van der Waals surface area contributed by atoms with Crippen LogP contribution in [-0.2, 0) is 0 Å². The van der Waals surface area contributed by atoms with Crippen LogP contribution in [0.5, 0.6) is 0 Å². The molecule has 0 heterocycles. The average molecular weight is 215 g/mol. The van der Waals surface area contributed by atoms with Gasteiger partial charge in [-0.15, -0.1) is 0 Å². The minimum absolute atomic E-state index is 0.0748. The first-order chi connectivity index (χ1) is 7.02. The van der Waals surface area contributed by atoms with Crippen LogP contribution in [0.15, 0.2) is 0 Å². The third-order valence-electron chi connectivity index (χ3n) is 3.07. The summed E-state index contributed by atoms with van der Waals surface area (Å²) in [6.07, 6.45) is 6.39. The van der Waals surface area contributed by atoms with Gasteiger partial charge in [-0.3, -0.25) is 0 Å². The number of unbranched alkanes of at least 4 members (excludes halogenated alkanes) is 1. The Balaban J connectivity index is 3.32. The summed E-state index contributed by atoms with van der Waals surface area (Å²) in [6, 6.07) is 0. The molecule has 92 valence electrons. The molecule has 0 aliphatic carbocycles. The van der Waals surface area contributed by atoms with Gasteiger partial charge in [-0.25, -0.2) is 0 Å². The maximum Gasteiger partial charge on any atom is 0.0540 e. The summed E-state index contributed by atoms with van der Waals surface area (Å²) in [6.45, 7) is 9.87. The molecule has 0 aromatic carbocycles. The van der Waals surface area contributed by atoms with Crippen molar-refractivity contribution in [3.05, 3.63) is 0 Å². The van der Waals surface area contributed by atoms with Crippen molar-refractivity contribution in [1.29, 1.82) is 0 Å². The molecular formula is C13H29NO. The second kappa shape index (κ2) is 8.12. The SMILES string of the molecule is CCCC(O)CCCCNC(C)(C)CC. The topological polar surface area (TPSA) is 32.3 Å². The Morgan fingerprint density at radius 2 is 1.80 bits per heavy atom. The molecule has 0 saturated carbocycles. The van der Waals surface area contributed by atoms with E-state index in [4.69, 9.17) is 0 Å². The fraction of sp³-hybridized carbons (Fsp3) is 1.00. The Morgan fingerprint density at radius 1 is 1.13 bits per heavy atom. The van der Waals surface area contributed by atoms with Crippen molar-refractivity contribution in [1.82, 2.24) is 5.32 Å². The second-order valence-electron chi connectivity index (χ2n) is 5.10. The number of aliphatic hydroxyl groups excluding tert-OH is 1. The highest BCUT2D eigenvalue weighted by Gasteiger charge is 2.12. The molecule has 0 bridgehead atoms. The molecule has 0 saturated heterocycles. The molecule has 15 heavy (non-hydrogen) atoms. The fourth-order valence-electron chi connectivity index (χ4n) is 1.53. The third kappa shape index (κ3) is 8.88. The standard InChI is InChI=1S/C13H29NO/c1-5-9-12(15)10-7-8-11-14-13(3,4)6-2/h12,14-15H,5-11H2,1-4H3. The summed E-state index contributed by atoms with van der Waals surface area (Å²) < 4.78 is 0. The minimum Gasteiger partial charge on any atom is -0.393 e. The van der Waals surface area contributed by atoms with Gasteiger partial charge in [0.2, 0.25) is 0 Å². The van der Waals surface area contributed by atoms with Crippen LogP contribution in [0.2, 0.25) is 0 Å². The van der Waals surface area contributed by atoms with Gasteiger partial charge in [0.25, 0.3) is 0 Å². The highest BCUT2D eigenvalue weighted by atomic mass is 16.3. The lowest BCUT2D eigenvalue weighted by atomic mass is 10.0. The van der Waals surface area contributed by atoms with Gasteiger partial charge in [0, 0.05) is 5.54 Å². The van der Waals surface area contributed by atoms with Gasteiger partial charge in [-0.05, 0) is 52.5 Å². The molecule has 0 aromatic heterocycles. The minimum atomic E-state index is -0.0748. The second-order valence-corrected chi connectivity index (χ2v) is 5.10. The molecule has 2 nitrogen and oxygen atoms in total. The normalized spacial score (nSPS) is 14.2. The molecular weight excluding hydrogens is 186 g/mol. The van der Waals surface area contributed by atoms with Crippen LogP contribution in [0.25, 0.3) is 0 Å². The van der Waals surface area contributed by atoms with Crippen LogP contribution in [0, 0.1) is 0 Å². The van der Waals surface area contributed by atoms with Crippen molar-refractivity contribution in [2.24, 2.45) is 0 Å². The van der Waals surface area contributed by atoms with Gasteiger partial charge >= 0.3 is 0 Å². The van der Waals surface area contributed by atoms with Crippen molar-refractivity contribution in [2.75, 3.05) is 6.54 Å². The van der Waals surface area contributed by atoms with E-state index in [-0.39, 0.29) is 11.6 Å². The Hall–Kier alpha value is -0.0800. The van der Waals surface area contributed by atoms with E-state index >= 15 is 0 Å². The van der Waals surface area contributed by atoms with E-state index in [0.29, 0.717) is 0 Å². The first kappa shape index (κ1) is 14.9. The van der Waals surface area contributed by atoms with Crippen molar-refractivity contribution in [3.63, 3.8) is 0 Å². The predicted molar refractivity (Wildman–Crippen MR) is 67.1 cm³/mol.